The Kier molecular flexibility index (Phi) is 3.03. The molecule has 0 saturated carbocycles. The number of nitrogen functional groups attached to an aromatic ring is 1. The van der Waals surface area contributed by atoms with Gasteiger partial charge in [-0.2, -0.15) is 0 Å². The minimum Gasteiger partial charge on any atom is -0.397 e. The smallest absolute Gasteiger partial charge is 0.227 e. The van der Waals surface area contributed by atoms with Gasteiger partial charge in [-0.3, -0.25) is 4.79 Å². The van der Waals surface area contributed by atoms with Crippen LogP contribution in [0.1, 0.15) is 6.42 Å². The van der Waals surface area contributed by atoms with Crippen LogP contribution in [0.5, 0.6) is 0 Å². The van der Waals surface area contributed by atoms with Crippen molar-refractivity contribution in [3.05, 3.63) is 23.2 Å². The van der Waals surface area contributed by atoms with Crippen LogP contribution in [0.25, 0.3) is 0 Å². The summed E-state index contributed by atoms with van der Waals surface area (Å²) in [5.41, 5.74) is 12.7. The van der Waals surface area contributed by atoms with Crippen LogP contribution in [0, 0.1) is 5.92 Å². The Morgan fingerprint density at radius 1 is 1.50 bits per heavy atom. The largest absolute Gasteiger partial charge is 0.397 e. The second-order valence-corrected chi connectivity index (χ2v) is 4.45. The second kappa shape index (κ2) is 4.31. The lowest BCUT2D eigenvalue weighted by Gasteiger charge is -2.18. The number of carbonyl (C=O) groups is 1. The SMILES string of the molecule is NCC1CC(=O)N(c2ccc(Cl)cc2N)C1. The van der Waals surface area contributed by atoms with Gasteiger partial charge in [-0.1, -0.05) is 11.6 Å². The van der Waals surface area contributed by atoms with Crippen LogP contribution in [0.3, 0.4) is 0 Å². The molecular weight excluding hydrogens is 226 g/mol. The molecule has 86 valence electrons. The minimum absolute atomic E-state index is 0.0736. The van der Waals surface area contributed by atoms with E-state index in [-0.39, 0.29) is 11.8 Å². The van der Waals surface area contributed by atoms with E-state index < -0.39 is 0 Å². The summed E-state index contributed by atoms with van der Waals surface area (Å²) in [5, 5.41) is 0.572. The molecule has 16 heavy (non-hydrogen) atoms. The summed E-state index contributed by atoms with van der Waals surface area (Å²) in [6.07, 6.45) is 0.499. The summed E-state index contributed by atoms with van der Waals surface area (Å²) in [4.78, 5) is 13.4. The topological polar surface area (TPSA) is 72.4 Å². The highest BCUT2D eigenvalue weighted by Gasteiger charge is 2.30. The zero-order valence-electron chi connectivity index (χ0n) is 8.82. The number of anilines is 2. The molecule has 1 amide bonds. The standard InChI is InChI=1S/C11H14ClN3O/c12-8-1-2-10(9(14)4-8)15-6-7(5-13)3-11(15)16/h1-2,4,7H,3,5-6,13-14H2. The summed E-state index contributed by atoms with van der Waals surface area (Å²) >= 11 is 5.81. The number of benzene rings is 1. The zero-order chi connectivity index (χ0) is 11.7. The van der Waals surface area contributed by atoms with Crippen LogP contribution in [0.4, 0.5) is 11.4 Å². The van der Waals surface area contributed by atoms with E-state index in [0.29, 0.717) is 30.2 Å². The Hall–Kier alpha value is -1.26. The Morgan fingerprint density at radius 2 is 2.25 bits per heavy atom. The van der Waals surface area contributed by atoms with Crippen LogP contribution >= 0.6 is 11.6 Å². The van der Waals surface area contributed by atoms with Crippen LogP contribution in [-0.4, -0.2) is 19.0 Å². The molecule has 1 aromatic rings. The third kappa shape index (κ3) is 1.99. The molecule has 0 aromatic heterocycles. The predicted molar refractivity (Wildman–Crippen MR) is 65.4 cm³/mol. The zero-order valence-corrected chi connectivity index (χ0v) is 9.57. The first kappa shape index (κ1) is 11.2. The lowest BCUT2D eigenvalue weighted by atomic mass is 10.1. The molecule has 1 atom stereocenters. The number of hydrogen-bond acceptors (Lipinski definition) is 3. The molecule has 1 aliphatic rings. The molecule has 1 saturated heterocycles. The molecule has 0 bridgehead atoms. The van der Waals surface area contributed by atoms with E-state index >= 15 is 0 Å². The van der Waals surface area contributed by atoms with Gasteiger partial charge in [-0.15, -0.1) is 0 Å². The first-order valence-electron chi connectivity index (χ1n) is 5.17. The van der Waals surface area contributed by atoms with E-state index in [4.69, 9.17) is 23.1 Å². The van der Waals surface area contributed by atoms with Crippen molar-refractivity contribution < 1.29 is 4.79 Å². The lowest BCUT2D eigenvalue weighted by molar-refractivity contribution is -0.117. The summed E-state index contributed by atoms with van der Waals surface area (Å²) in [6, 6.07) is 5.16. The summed E-state index contributed by atoms with van der Waals surface area (Å²) < 4.78 is 0. The van der Waals surface area contributed by atoms with Gasteiger partial charge in [0.2, 0.25) is 5.91 Å². The molecule has 0 radical (unpaired) electrons. The highest BCUT2D eigenvalue weighted by molar-refractivity contribution is 6.31. The van der Waals surface area contributed by atoms with Gasteiger partial charge >= 0.3 is 0 Å². The summed E-state index contributed by atoms with van der Waals surface area (Å²) in [6.45, 7) is 1.16. The van der Waals surface area contributed by atoms with E-state index in [9.17, 15) is 4.79 Å². The number of nitrogens with two attached hydrogens (primary N) is 2. The molecule has 1 aromatic carbocycles. The molecule has 4 N–H and O–H groups in total. The first-order valence-corrected chi connectivity index (χ1v) is 5.55. The van der Waals surface area contributed by atoms with Crippen LogP contribution < -0.4 is 16.4 Å². The second-order valence-electron chi connectivity index (χ2n) is 4.01. The number of halogens is 1. The molecule has 4 nitrogen and oxygen atoms in total. The van der Waals surface area contributed by atoms with Crippen molar-refractivity contribution in [2.45, 2.75) is 6.42 Å². The van der Waals surface area contributed by atoms with E-state index in [0.717, 1.165) is 5.69 Å². The lowest BCUT2D eigenvalue weighted by Crippen LogP contribution is -2.26. The van der Waals surface area contributed by atoms with Gasteiger partial charge in [-0.25, -0.2) is 0 Å². The Morgan fingerprint density at radius 3 is 2.81 bits per heavy atom. The fourth-order valence-corrected chi connectivity index (χ4v) is 2.12. The quantitative estimate of drug-likeness (QED) is 0.763. The fourth-order valence-electron chi connectivity index (χ4n) is 1.94. The number of nitrogens with zero attached hydrogens (tertiary/aromatic N) is 1. The summed E-state index contributed by atoms with van der Waals surface area (Å²) in [5.74, 6) is 0.298. The number of carbonyl (C=O) groups excluding carboxylic acids is 1. The molecule has 1 heterocycles. The molecule has 2 rings (SSSR count). The van der Waals surface area contributed by atoms with Crippen LogP contribution in [0.15, 0.2) is 18.2 Å². The van der Waals surface area contributed by atoms with E-state index in [1.165, 1.54) is 0 Å². The van der Waals surface area contributed by atoms with Gasteiger partial charge in [0.25, 0.3) is 0 Å². The van der Waals surface area contributed by atoms with Gasteiger partial charge in [0.05, 0.1) is 11.4 Å². The molecule has 1 fully saturated rings. The Bertz CT molecular complexity index is 422. The highest BCUT2D eigenvalue weighted by atomic mass is 35.5. The maximum absolute atomic E-state index is 11.8. The van der Waals surface area contributed by atoms with Crippen LogP contribution in [-0.2, 0) is 4.79 Å². The van der Waals surface area contributed by atoms with Gasteiger partial charge in [-0.05, 0) is 30.7 Å². The molecule has 1 unspecified atom stereocenters. The van der Waals surface area contributed by atoms with E-state index in [2.05, 4.69) is 0 Å². The third-order valence-electron chi connectivity index (χ3n) is 2.82. The maximum atomic E-state index is 11.8. The van der Waals surface area contributed by atoms with Crippen LogP contribution in [0.2, 0.25) is 5.02 Å². The molecule has 1 aliphatic heterocycles. The van der Waals surface area contributed by atoms with Crippen molar-refractivity contribution in [3.8, 4) is 0 Å². The Labute approximate surface area is 99.2 Å². The molecular formula is C11H14ClN3O. The number of amides is 1. The van der Waals surface area contributed by atoms with Crippen molar-refractivity contribution in [2.75, 3.05) is 23.7 Å². The average Bonchev–Trinajstić information content (AvgIpc) is 2.60. The number of hydrogen-bond donors (Lipinski definition) is 2. The average molecular weight is 240 g/mol. The van der Waals surface area contributed by atoms with Crippen molar-refractivity contribution in [3.63, 3.8) is 0 Å². The molecule has 0 spiro atoms. The van der Waals surface area contributed by atoms with Gasteiger partial charge in [0.15, 0.2) is 0 Å². The molecule has 0 aliphatic carbocycles. The van der Waals surface area contributed by atoms with Crippen molar-refractivity contribution >= 4 is 28.9 Å². The van der Waals surface area contributed by atoms with Crippen molar-refractivity contribution in [1.82, 2.24) is 0 Å². The third-order valence-corrected chi connectivity index (χ3v) is 3.05. The Balaban J connectivity index is 2.28. The highest BCUT2D eigenvalue weighted by Crippen LogP contribution is 2.31. The van der Waals surface area contributed by atoms with Crippen molar-refractivity contribution in [2.24, 2.45) is 11.7 Å². The van der Waals surface area contributed by atoms with E-state index in [1.54, 1.807) is 23.1 Å². The molecule has 5 heteroatoms. The monoisotopic (exact) mass is 239 g/mol. The van der Waals surface area contributed by atoms with Gasteiger partial charge in [0, 0.05) is 18.0 Å². The minimum atomic E-state index is 0.0736. The maximum Gasteiger partial charge on any atom is 0.227 e. The van der Waals surface area contributed by atoms with Crippen molar-refractivity contribution in [1.29, 1.82) is 0 Å². The first-order chi connectivity index (χ1) is 7.61. The van der Waals surface area contributed by atoms with E-state index in [1.807, 2.05) is 0 Å². The van der Waals surface area contributed by atoms with Gasteiger partial charge in [0.1, 0.15) is 0 Å². The fraction of sp³-hybridized carbons (Fsp3) is 0.364. The normalized spacial score (nSPS) is 20.5. The van der Waals surface area contributed by atoms with Gasteiger partial charge < -0.3 is 16.4 Å². The summed E-state index contributed by atoms with van der Waals surface area (Å²) in [7, 11) is 0. The predicted octanol–water partition coefficient (Wildman–Crippen LogP) is 1.23. The number of rotatable bonds is 2.